The first-order valence-electron chi connectivity index (χ1n) is 7.10. The lowest BCUT2D eigenvalue weighted by molar-refractivity contribution is -0.121. The minimum Gasteiger partial charge on any atom is -0.354 e. The highest BCUT2D eigenvalue weighted by atomic mass is 35.5. The maximum Gasteiger partial charge on any atom is 0.323 e. The van der Waals surface area contributed by atoms with Crippen LogP contribution in [-0.4, -0.2) is 28.0 Å². The predicted molar refractivity (Wildman–Crippen MR) is 90.4 cm³/mol. The molecule has 0 atom stereocenters. The Morgan fingerprint density at radius 2 is 1.95 bits per heavy atom. The van der Waals surface area contributed by atoms with Gasteiger partial charge < -0.3 is 21.0 Å². The number of nitrogens with two attached hydrogens (primary N) is 1. The molecule has 0 unspecified atom stereocenters. The minimum absolute atomic E-state index is 0. The van der Waals surface area contributed by atoms with E-state index in [1.807, 2.05) is 32.0 Å². The van der Waals surface area contributed by atoms with Crippen LogP contribution in [0.1, 0.15) is 32.3 Å². The number of hydrogen-bond donors (Lipinski definition) is 4. The minimum atomic E-state index is -0.388. The molecule has 7 heteroatoms. The molecule has 2 aromatic rings. The van der Waals surface area contributed by atoms with Crippen molar-refractivity contribution in [1.82, 2.24) is 15.3 Å². The van der Waals surface area contributed by atoms with Crippen molar-refractivity contribution in [2.75, 3.05) is 6.54 Å². The van der Waals surface area contributed by atoms with Crippen LogP contribution in [0.3, 0.4) is 0 Å². The molecule has 1 aromatic carbocycles. The summed E-state index contributed by atoms with van der Waals surface area (Å²) in [5.41, 5.74) is 7.92. The van der Waals surface area contributed by atoms with Crippen LogP contribution < -0.4 is 16.7 Å². The molecule has 1 amide bonds. The van der Waals surface area contributed by atoms with Crippen molar-refractivity contribution in [3.63, 3.8) is 0 Å². The van der Waals surface area contributed by atoms with E-state index in [2.05, 4.69) is 15.3 Å². The van der Waals surface area contributed by atoms with Gasteiger partial charge in [0.2, 0.25) is 5.91 Å². The van der Waals surface area contributed by atoms with Crippen LogP contribution in [0.15, 0.2) is 23.0 Å². The van der Waals surface area contributed by atoms with Gasteiger partial charge in [-0.25, -0.2) is 4.79 Å². The third kappa shape index (κ3) is 5.54. The number of nitrogens with one attached hydrogen (secondary N) is 3. The van der Waals surface area contributed by atoms with Crippen molar-refractivity contribution in [2.45, 2.75) is 38.6 Å². The lowest BCUT2D eigenvalue weighted by atomic mass is 10.1. The second-order valence-electron chi connectivity index (χ2n) is 6.08. The Labute approximate surface area is 135 Å². The van der Waals surface area contributed by atoms with Gasteiger partial charge in [0.15, 0.2) is 0 Å². The van der Waals surface area contributed by atoms with Crippen LogP contribution in [-0.2, 0) is 11.2 Å². The maximum atomic E-state index is 11.7. The first-order chi connectivity index (χ1) is 9.83. The fraction of sp³-hybridized carbons (Fsp3) is 0.467. The molecule has 0 saturated carbocycles. The normalized spacial score (nSPS) is 11.2. The zero-order valence-corrected chi connectivity index (χ0v) is 13.7. The molecule has 0 aliphatic carbocycles. The third-order valence-corrected chi connectivity index (χ3v) is 3.19. The molecule has 0 spiro atoms. The average molecular weight is 327 g/mol. The molecular formula is C15H23ClN4O2. The number of benzene rings is 1. The van der Waals surface area contributed by atoms with E-state index in [0.717, 1.165) is 29.4 Å². The molecule has 2 rings (SSSR count). The fourth-order valence-corrected chi connectivity index (χ4v) is 2.10. The van der Waals surface area contributed by atoms with Crippen LogP contribution in [0.25, 0.3) is 11.0 Å². The largest absolute Gasteiger partial charge is 0.354 e. The monoisotopic (exact) mass is 326 g/mol. The number of carbonyl (C=O) groups excluding carboxylic acids is 1. The van der Waals surface area contributed by atoms with Gasteiger partial charge in [-0.1, -0.05) is 6.07 Å². The zero-order valence-electron chi connectivity index (χ0n) is 12.9. The van der Waals surface area contributed by atoms with Gasteiger partial charge in [-0.05, 0) is 44.4 Å². The molecule has 1 heterocycles. The van der Waals surface area contributed by atoms with E-state index in [4.69, 9.17) is 5.73 Å². The maximum absolute atomic E-state index is 11.7. The molecule has 0 fully saturated rings. The summed E-state index contributed by atoms with van der Waals surface area (Å²) in [5, 5.41) is 2.83. The van der Waals surface area contributed by atoms with E-state index < -0.39 is 0 Å². The summed E-state index contributed by atoms with van der Waals surface area (Å²) in [6.07, 6.45) is 2.03. The van der Waals surface area contributed by atoms with Crippen LogP contribution in [0.4, 0.5) is 0 Å². The molecule has 0 saturated heterocycles. The molecule has 0 aliphatic heterocycles. The Balaban J connectivity index is 0.00000242. The Morgan fingerprint density at radius 3 is 2.64 bits per heavy atom. The summed E-state index contributed by atoms with van der Waals surface area (Å²) in [6, 6.07) is 5.78. The van der Waals surface area contributed by atoms with Gasteiger partial charge in [0.25, 0.3) is 0 Å². The van der Waals surface area contributed by atoms with Gasteiger partial charge in [0.05, 0.1) is 11.0 Å². The standard InChI is InChI=1S/C15H22N4O2.ClH/c1-15(2,16)9-17-13(20)5-3-4-10-6-7-11-12(8-10)19-14(21)18-11;/h6-8H,3-5,9,16H2,1-2H3,(H,17,20)(H2,18,19,21);1H. The van der Waals surface area contributed by atoms with E-state index in [9.17, 15) is 9.59 Å². The van der Waals surface area contributed by atoms with E-state index in [0.29, 0.717) is 13.0 Å². The summed E-state index contributed by atoms with van der Waals surface area (Å²) in [7, 11) is 0. The highest BCUT2D eigenvalue weighted by Gasteiger charge is 2.11. The lowest BCUT2D eigenvalue weighted by Crippen LogP contribution is -2.45. The summed E-state index contributed by atoms with van der Waals surface area (Å²) < 4.78 is 0. The Kier molecular flexibility index (Phi) is 6.20. The van der Waals surface area contributed by atoms with E-state index in [-0.39, 0.29) is 29.5 Å². The number of halogens is 1. The summed E-state index contributed by atoms with van der Waals surface area (Å²) in [5.74, 6) is 0.0182. The molecule has 1 aromatic heterocycles. The number of H-pyrrole nitrogens is 2. The van der Waals surface area contributed by atoms with Crippen LogP contribution in [0.5, 0.6) is 0 Å². The molecule has 0 aliphatic rings. The number of rotatable bonds is 6. The first kappa shape index (κ1) is 18.3. The lowest BCUT2D eigenvalue weighted by Gasteiger charge is -2.18. The van der Waals surface area contributed by atoms with Crippen molar-refractivity contribution < 1.29 is 4.79 Å². The molecular weight excluding hydrogens is 304 g/mol. The van der Waals surface area contributed by atoms with Crippen LogP contribution in [0, 0.1) is 0 Å². The number of fused-ring (bicyclic) bond motifs is 1. The molecule has 6 nitrogen and oxygen atoms in total. The number of imidazole rings is 1. The third-order valence-electron chi connectivity index (χ3n) is 3.19. The summed E-state index contributed by atoms with van der Waals surface area (Å²) in [4.78, 5) is 28.3. The van der Waals surface area contributed by atoms with Gasteiger partial charge in [-0.2, -0.15) is 0 Å². The predicted octanol–water partition coefficient (Wildman–Crippen LogP) is 1.45. The van der Waals surface area contributed by atoms with Crippen molar-refractivity contribution in [3.05, 3.63) is 34.2 Å². The van der Waals surface area contributed by atoms with Crippen molar-refractivity contribution in [1.29, 1.82) is 0 Å². The van der Waals surface area contributed by atoms with Gasteiger partial charge in [-0.3, -0.25) is 4.79 Å². The van der Waals surface area contributed by atoms with Gasteiger partial charge in [-0.15, -0.1) is 12.4 Å². The SMILES string of the molecule is CC(C)(N)CNC(=O)CCCc1ccc2[nH]c(=O)[nH]c2c1.Cl. The average Bonchev–Trinajstić information content (AvgIpc) is 2.75. The second kappa shape index (κ2) is 7.47. The molecule has 0 bridgehead atoms. The van der Waals surface area contributed by atoms with E-state index in [1.54, 1.807) is 0 Å². The molecule has 5 N–H and O–H groups in total. The van der Waals surface area contributed by atoms with Crippen LogP contribution >= 0.6 is 12.4 Å². The van der Waals surface area contributed by atoms with E-state index in [1.165, 1.54) is 0 Å². The summed E-state index contributed by atoms with van der Waals surface area (Å²) in [6.45, 7) is 4.22. The van der Waals surface area contributed by atoms with Gasteiger partial charge >= 0.3 is 5.69 Å². The summed E-state index contributed by atoms with van der Waals surface area (Å²) >= 11 is 0. The Hall–Kier alpha value is -1.79. The fourth-order valence-electron chi connectivity index (χ4n) is 2.10. The number of hydrogen-bond acceptors (Lipinski definition) is 3. The Morgan fingerprint density at radius 1 is 1.27 bits per heavy atom. The topological polar surface area (TPSA) is 104 Å². The molecule has 22 heavy (non-hydrogen) atoms. The Bertz CT molecular complexity index is 685. The van der Waals surface area contributed by atoms with Gasteiger partial charge in [0.1, 0.15) is 0 Å². The number of amides is 1. The smallest absolute Gasteiger partial charge is 0.323 e. The number of aryl methyl sites for hydroxylation is 1. The van der Waals surface area contributed by atoms with E-state index >= 15 is 0 Å². The number of aromatic nitrogens is 2. The quantitative estimate of drug-likeness (QED) is 0.646. The number of aromatic amines is 2. The highest BCUT2D eigenvalue weighted by molar-refractivity contribution is 5.85. The second-order valence-corrected chi connectivity index (χ2v) is 6.08. The van der Waals surface area contributed by atoms with Crippen molar-refractivity contribution >= 4 is 29.3 Å². The molecule has 0 radical (unpaired) electrons. The van der Waals surface area contributed by atoms with Crippen LogP contribution in [0.2, 0.25) is 0 Å². The van der Waals surface area contributed by atoms with Crippen molar-refractivity contribution in [3.8, 4) is 0 Å². The first-order valence-corrected chi connectivity index (χ1v) is 7.10. The van der Waals surface area contributed by atoms with Gasteiger partial charge in [0, 0.05) is 18.5 Å². The number of carbonyl (C=O) groups is 1. The van der Waals surface area contributed by atoms with Crippen molar-refractivity contribution in [2.24, 2.45) is 5.73 Å². The molecule has 122 valence electrons. The zero-order chi connectivity index (χ0) is 15.5. The highest BCUT2D eigenvalue weighted by Crippen LogP contribution is 2.12.